The van der Waals surface area contributed by atoms with Crippen molar-refractivity contribution in [3.8, 4) is 17.2 Å². The molecule has 0 saturated carbocycles. The summed E-state index contributed by atoms with van der Waals surface area (Å²) >= 11 is 0. The molecule has 0 spiro atoms. The number of ether oxygens (including phenoxy) is 3. The minimum Gasteiger partial charge on any atom is -0.497 e. The lowest BCUT2D eigenvalue weighted by Crippen LogP contribution is -2.46. The Morgan fingerprint density at radius 3 is 2.09 bits per heavy atom. The van der Waals surface area contributed by atoms with Crippen LogP contribution in [0.5, 0.6) is 17.2 Å². The minimum absolute atomic E-state index is 0.00289. The molecule has 0 aromatic heterocycles. The summed E-state index contributed by atoms with van der Waals surface area (Å²) in [5.74, 6) is 2.17. The summed E-state index contributed by atoms with van der Waals surface area (Å²) in [5.41, 5.74) is 2.30. The molecule has 1 fully saturated rings. The van der Waals surface area contributed by atoms with Crippen LogP contribution in [0.1, 0.15) is 18.4 Å². The van der Waals surface area contributed by atoms with Crippen molar-refractivity contribution in [1.82, 2.24) is 5.32 Å². The molecule has 172 valence electrons. The van der Waals surface area contributed by atoms with Crippen LogP contribution in [0.3, 0.4) is 0 Å². The number of anilines is 1. The van der Waals surface area contributed by atoms with Crippen molar-refractivity contribution in [3.05, 3.63) is 84.4 Å². The zero-order valence-corrected chi connectivity index (χ0v) is 18.9. The van der Waals surface area contributed by atoms with E-state index in [0.717, 1.165) is 43.0 Å². The van der Waals surface area contributed by atoms with Gasteiger partial charge >= 0.3 is 0 Å². The number of rotatable bonds is 9. The Kier molecular flexibility index (Phi) is 7.69. The molecule has 0 aliphatic carbocycles. The second-order valence-corrected chi connectivity index (χ2v) is 8.06. The first-order valence-corrected chi connectivity index (χ1v) is 11.3. The summed E-state index contributed by atoms with van der Waals surface area (Å²) in [7, 11) is 1.67. The summed E-state index contributed by atoms with van der Waals surface area (Å²) < 4.78 is 16.7. The molecule has 0 unspecified atom stereocenters. The Morgan fingerprint density at radius 1 is 0.848 bits per heavy atom. The van der Waals surface area contributed by atoms with E-state index in [-0.39, 0.29) is 18.6 Å². The molecule has 1 aliphatic heterocycles. The smallest absolute Gasteiger partial charge is 0.258 e. The van der Waals surface area contributed by atoms with Gasteiger partial charge in [-0.3, -0.25) is 4.79 Å². The molecule has 3 aromatic rings. The topological polar surface area (TPSA) is 60.0 Å². The molecule has 1 heterocycles. The monoisotopic (exact) mass is 446 g/mol. The van der Waals surface area contributed by atoms with Gasteiger partial charge in [-0.15, -0.1) is 0 Å². The lowest BCUT2D eigenvalue weighted by atomic mass is 10.0. The van der Waals surface area contributed by atoms with Crippen molar-refractivity contribution in [2.24, 2.45) is 0 Å². The fourth-order valence-corrected chi connectivity index (χ4v) is 3.87. The summed E-state index contributed by atoms with van der Waals surface area (Å²) in [6.45, 7) is 2.33. The van der Waals surface area contributed by atoms with E-state index in [4.69, 9.17) is 14.2 Å². The van der Waals surface area contributed by atoms with Crippen LogP contribution in [0.25, 0.3) is 0 Å². The zero-order chi connectivity index (χ0) is 22.9. The van der Waals surface area contributed by atoms with Crippen LogP contribution in [0.4, 0.5) is 5.69 Å². The molecule has 33 heavy (non-hydrogen) atoms. The van der Waals surface area contributed by atoms with Gasteiger partial charge in [-0.05, 0) is 66.9 Å². The third-order valence-electron chi connectivity index (χ3n) is 5.74. The fraction of sp³-hybridized carbons (Fsp3) is 0.296. The van der Waals surface area contributed by atoms with Gasteiger partial charge in [0.2, 0.25) is 0 Å². The molecule has 1 N–H and O–H groups in total. The molecule has 1 saturated heterocycles. The summed E-state index contributed by atoms with van der Waals surface area (Å²) in [5, 5.41) is 3.09. The van der Waals surface area contributed by atoms with Crippen molar-refractivity contribution < 1.29 is 19.0 Å². The van der Waals surface area contributed by atoms with Crippen LogP contribution >= 0.6 is 0 Å². The van der Waals surface area contributed by atoms with E-state index in [1.807, 2.05) is 66.7 Å². The first kappa shape index (κ1) is 22.5. The van der Waals surface area contributed by atoms with Crippen LogP contribution in [-0.2, 0) is 11.4 Å². The number of piperidine rings is 1. The fourth-order valence-electron chi connectivity index (χ4n) is 3.87. The van der Waals surface area contributed by atoms with Crippen molar-refractivity contribution in [2.75, 3.05) is 31.7 Å². The third kappa shape index (κ3) is 6.65. The number of hydrogen-bond acceptors (Lipinski definition) is 5. The van der Waals surface area contributed by atoms with E-state index in [1.165, 1.54) is 5.69 Å². The van der Waals surface area contributed by atoms with Crippen LogP contribution in [0, 0.1) is 0 Å². The van der Waals surface area contributed by atoms with Gasteiger partial charge in [0.1, 0.15) is 23.9 Å². The Labute approximate surface area is 195 Å². The molecular formula is C27H30N2O4. The van der Waals surface area contributed by atoms with Crippen LogP contribution in [0.2, 0.25) is 0 Å². The van der Waals surface area contributed by atoms with E-state index in [1.54, 1.807) is 7.11 Å². The molecule has 1 aliphatic rings. The quantitative estimate of drug-likeness (QED) is 0.527. The summed E-state index contributed by atoms with van der Waals surface area (Å²) in [6.07, 6.45) is 1.82. The van der Waals surface area contributed by atoms with Gasteiger partial charge in [0.05, 0.1) is 7.11 Å². The predicted molar refractivity (Wildman–Crippen MR) is 129 cm³/mol. The van der Waals surface area contributed by atoms with Gasteiger partial charge in [0.25, 0.3) is 5.91 Å². The van der Waals surface area contributed by atoms with E-state index in [0.29, 0.717) is 12.4 Å². The Balaban J connectivity index is 1.16. The SMILES string of the molecule is COc1ccc(N2CCC(NC(=O)COc3ccc(OCc4ccccc4)cc3)CC2)cc1. The average Bonchev–Trinajstić information content (AvgIpc) is 2.88. The van der Waals surface area contributed by atoms with Gasteiger partial charge in [-0.2, -0.15) is 0 Å². The molecule has 0 atom stereocenters. The number of hydrogen-bond donors (Lipinski definition) is 1. The highest BCUT2D eigenvalue weighted by Crippen LogP contribution is 2.23. The summed E-state index contributed by atoms with van der Waals surface area (Å²) in [4.78, 5) is 14.7. The van der Waals surface area contributed by atoms with Crippen LogP contribution in [0.15, 0.2) is 78.9 Å². The largest absolute Gasteiger partial charge is 0.497 e. The van der Waals surface area contributed by atoms with Crippen molar-refractivity contribution in [1.29, 1.82) is 0 Å². The first-order chi connectivity index (χ1) is 16.2. The normalized spacial score (nSPS) is 13.9. The molecule has 0 radical (unpaired) electrons. The maximum absolute atomic E-state index is 12.3. The van der Waals surface area contributed by atoms with Crippen molar-refractivity contribution >= 4 is 11.6 Å². The molecule has 3 aromatic carbocycles. The molecular weight excluding hydrogens is 416 g/mol. The standard InChI is InChI=1S/C27H30N2O4/c1-31-24-9-7-23(8-10-24)29-17-15-22(16-18-29)28-27(30)20-33-26-13-11-25(12-14-26)32-19-21-5-3-2-4-6-21/h2-14,22H,15-20H2,1H3,(H,28,30). The highest BCUT2D eigenvalue weighted by atomic mass is 16.5. The summed E-state index contributed by atoms with van der Waals surface area (Å²) in [6, 6.07) is 25.6. The second-order valence-electron chi connectivity index (χ2n) is 8.06. The third-order valence-corrected chi connectivity index (χ3v) is 5.74. The van der Waals surface area contributed by atoms with E-state index in [2.05, 4.69) is 22.3 Å². The molecule has 0 bridgehead atoms. The molecule has 6 heteroatoms. The maximum Gasteiger partial charge on any atom is 0.258 e. The van der Waals surface area contributed by atoms with Gasteiger partial charge in [-0.1, -0.05) is 30.3 Å². The predicted octanol–water partition coefficient (Wildman–Crippen LogP) is 4.44. The number of carbonyl (C=O) groups excluding carboxylic acids is 1. The Morgan fingerprint density at radius 2 is 1.45 bits per heavy atom. The number of carbonyl (C=O) groups is 1. The highest BCUT2D eigenvalue weighted by Gasteiger charge is 2.21. The Bertz CT molecular complexity index is 999. The van der Waals surface area contributed by atoms with Crippen LogP contribution < -0.4 is 24.4 Å². The molecule has 4 rings (SSSR count). The minimum atomic E-state index is -0.0951. The van der Waals surface area contributed by atoms with E-state index >= 15 is 0 Å². The second kappa shape index (κ2) is 11.3. The van der Waals surface area contributed by atoms with Gasteiger partial charge in [-0.25, -0.2) is 0 Å². The van der Waals surface area contributed by atoms with E-state index < -0.39 is 0 Å². The number of benzene rings is 3. The number of methoxy groups -OCH3 is 1. The van der Waals surface area contributed by atoms with Crippen molar-refractivity contribution in [2.45, 2.75) is 25.5 Å². The lowest BCUT2D eigenvalue weighted by molar-refractivity contribution is -0.123. The maximum atomic E-state index is 12.3. The van der Waals surface area contributed by atoms with Gasteiger partial charge in [0.15, 0.2) is 6.61 Å². The molecule has 6 nitrogen and oxygen atoms in total. The van der Waals surface area contributed by atoms with Crippen LogP contribution in [-0.4, -0.2) is 38.8 Å². The van der Waals surface area contributed by atoms with E-state index in [9.17, 15) is 4.79 Å². The van der Waals surface area contributed by atoms with Gasteiger partial charge in [0, 0.05) is 24.8 Å². The Hall–Kier alpha value is -3.67. The number of nitrogens with zero attached hydrogens (tertiary/aromatic N) is 1. The zero-order valence-electron chi connectivity index (χ0n) is 18.9. The highest BCUT2D eigenvalue weighted by molar-refractivity contribution is 5.77. The number of amides is 1. The lowest BCUT2D eigenvalue weighted by Gasteiger charge is -2.34. The average molecular weight is 447 g/mol. The van der Waals surface area contributed by atoms with Crippen molar-refractivity contribution in [3.63, 3.8) is 0 Å². The molecule has 1 amide bonds. The number of nitrogens with one attached hydrogen (secondary N) is 1. The first-order valence-electron chi connectivity index (χ1n) is 11.3. The van der Waals surface area contributed by atoms with Gasteiger partial charge < -0.3 is 24.4 Å².